The van der Waals surface area contributed by atoms with E-state index in [0.29, 0.717) is 18.7 Å². The van der Waals surface area contributed by atoms with Gasteiger partial charge in [0.15, 0.2) is 0 Å². The third kappa shape index (κ3) is 20.4. The highest BCUT2D eigenvalue weighted by molar-refractivity contribution is 7.80. The fraction of sp³-hybridized carbons (Fsp3) is 0.621. The van der Waals surface area contributed by atoms with Crippen molar-refractivity contribution in [2.75, 3.05) is 12.3 Å². The van der Waals surface area contributed by atoms with Crippen LogP contribution in [0, 0.1) is 0 Å². The summed E-state index contributed by atoms with van der Waals surface area (Å²) in [7, 11) is 0. The minimum absolute atomic E-state index is 0.122. The van der Waals surface area contributed by atoms with Crippen LogP contribution in [-0.2, 0) is 4.79 Å². The summed E-state index contributed by atoms with van der Waals surface area (Å²) in [6.07, 6.45) is 22.3. The minimum atomic E-state index is 0.122. The van der Waals surface area contributed by atoms with E-state index in [1.54, 1.807) is 0 Å². The molecule has 0 saturated heterocycles. The lowest BCUT2D eigenvalue weighted by Gasteiger charge is -2.04. The highest BCUT2D eigenvalue weighted by Gasteiger charge is 2.00. The molecule has 2 nitrogen and oxygen atoms in total. The van der Waals surface area contributed by atoms with Crippen molar-refractivity contribution in [2.45, 2.75) is 106 Å². The second-order valence-electron chi connectivity index (χ2n) is 9.25. The first-order valence-electron chi connectivity index (χ1n) is 12.4. The molecular weight excluding hydrogens is 410 g/mol. The van der Waals surface area contributed by atoms with Gasteiger partial charge in [-0.15, -0.1) is 0 Å². The van der Waals surface area contributed by atoms with Crippen molar-refractivity contribution in [1.82, 2.24) is 5.32 Å². The third-order valence-electron chi connectivity index (χ3n) is 5.49. The first-order valence-corrected chi connectivity index (χ1v) is 13.0. The number of hydrogen-bond donors (Lipinski definition) is 2. The zero-order chi connectivity index (χ0) is 24.2. The molecule has 3 heteroatoms. The molecule has 0 unspecified atom stereocenters. The van der Waals surface area contributed by atoms with E-state index in [1.807, 2.05) is 0 Å². The highest BCUT2D eigenvalue weighted by atomic mass is 32.1. The van der Waals surface area contributed by atoms with Crippen molar-refractivity contribution >= 4 is 18.5 Å². The van der Waals surface area contributed by atoms with Crippen LogP contribution < -0.4 is 5.32 Å². The molecule has 0 aromatic carbocycles. The number of amides is 1. The van der Waals surface area contributed by atoms with E-state index in [9.17, 15) is 4.79 Å². The molecule has 32 heavy (non-hydrogen) atoms. The fourth-order valence-electron chi connectivity index (χ4n) is 3.34. The van der Waals surface area contributed by atoms with Crippen LogP contribution in [0.1, 0.15) is 106 Å². The van der Waals surface area contributed by atoms with E-state index in [4.69, 9.17) is 0 Å². The Kier molecular flexibility index (Phi) is 19.2. The zero-order valence-corrected chi connectivity index (χ0v) is 22.6. The van der Waals surface area contributed by atoms with Crippen molar-refractivity contribution in [1.29, 1.82) is 0 Å². The lowest BCUT2D eigenvalue weighted by molar-refractivity contribution is -0.120. The number of unbranched alkanes of at least 4 members (excludes halogenated alkanes) is 1. The fourth-order valence-corrected chi connectivity index (χ4v) is 3.45. The Morgan fingerprint density at radius 2 is 1.00 bits per heavy atom. The van der Waals surface area contributed by atoms with E-state index in [1.165, 1.54) is 40.7 Å². The van der Waals surface area contributed by atoms with E-state index in [2.05, 4.69) is 89.9 Å². The third-order valence-corrected chi connectivity index (χ3v) is 5.71. The summed E-state index contributed by atoms with van der Waals surface area (Å²) in [4.78, 5) is 11.6. The van der Waals surface area contributed by atoms with Crippen molar-refractivity contribution in [2.24, 2.45) is 0 Å². The number of rotatable bonds is 17. The van der Waals surface area contributed by atoms with E-state index in [-0.39, 0.29) is 5.91 Å². The molecule has 0 bridgehead atoms. The Labute approximate surface area is 204 Å². The topological polar surface area (TPSA) is 29.1 Å². The number of nitrogens with one attached hydrogen (secondary N) is 1. The van der Waals surface area contributed by atoms with Crippen molar-refractivity contribution in [3.63, 3.8) is 0 Å². The molecule has 0 aliphatic carbocycles. The van der Waals surface area contributed by atoms with Crippen LogP contribution in [0.15, 0.2) is 58.2 Å². The maximum Gasteiger partial charge on any atom is 0.220 e. The first-order chi connectivity index (χ1) is 15.2. The van der Waals surface area contributed by atoms with Crippen LogP contribution in [0.3, 0.4) is 0 Å². The van der Waals surface area contributed by atoms with Crippen LogP contribution in [0.25, 0.3) is 0 Å². The summed E-state index contributed by atoms with van der Waals surface area (Å²) in [6.45, 7) is 13.8. The SMILES string of the molecule is CC(C)=CCC/C(C)=C/CCC(C)=CCC/C=C(\C)CC/C=C(\C)CCC(=O)NCCS. The number of carbonyl (C=O) groups excluding carboxylic acids is 1. The maximum absolute atomic E-state index is 11.6. The molecule has 0 aliphatic heterocycles. The van der Waals surface area contributed by atoms with Gasteiger partial charge in [0, 0.05) is 18.7 Å². The monoisotopic (exact) mass is 459 g/mol. The Morgan fingerprint density at radius 3 is 1.44 bits per heavy atom. The van der Waals surface area contributed by atoms with Gasteiger partial charge in [0.05, 0.1) is 0 Å². The van der Waals surface area contributed by atoms with Gasteiger partial charge in [0.25, 0.3) is 0 Å². The molecule has 0 heterocycles. The normalized spacial score (nSPS) is 13.3. The number of carbonyl (C=O) groups is 1. The van der Waals surface area contributed by atoms with Crippen molar-refractivity contribution < 1.29 is 4.79 Å². The summed E-state index contributed by atoms with van der Waals surface area (Å²) in [5.41, 5.74) is 7.19. The summed E-state index contributed by atoms with van der Waals surface area (Å²) >= 11 is 4.11. The highest BCUT2D eigenvalue weighted by Crippen LogP contribution is 2.14. The second-order valence-corrected chi connectivity index (χ2v) is 9.70. The average molecular weight is 460 g/mol. The predicted octanol–water partition coefficient (Wildman–Crippen LogP) is 8.68. The minimum Gasteiger partial charge on any atom is -0.355 e. The van der Waals surface area contributed by atoms with Crippen LogP contribution >= 0.6 is 12.6 Å². The molecule has 0 fully saturated rings. The zero-order valence-electron chi connectivity index (χ0n) is 21.7. The van der Waals surface area contributed by atoms with Gasteiger partial charge in [-0.3, -0.25) is 4.79 Å². The summed E-state index contributed by atoms with van der Waals surface area (Å²) in [5.74, 6) is 0.812. The molecule has 0 aromatic heterocycles. The number of hydrogen-bond acceptors (Lipinski definition) is 2. The largest absolute Gasteiger partial charge is 0.355 e. The van der Waals surface area contributed by atoms with Gasteiger partial charge in [0.1, 0.15) is 0 Å². The Balaban J connectivity index is 4.05. The summed E-state index contributed by atoms with van der Waals surface area (Å²) < 4.78 is 0. The molecule has 0 aliphatic rings. The summed E-state index contributed by atoms with van der Waals surface area (Å²) in [6, 6.07) is 0. The van der Waals surface area contributed by atoms with Gasteiger partial charge >= 0.3 is 0 Å². The van der Waals surface area contributed by atoms with Gasteiger partial charge < -0.3 is 5.32 Å². The van der Waals surface area contributed by atoms with Crippen molar-refractivity contribution in [3.05, 3.63) is 58.2 Å². The van der Waals surface area contributed by atoms with E-state index >= 15 is 0 Å². The lowest BCUT2D eigenvalue weighted by atomic mass is 10.0. The van der Waals surface area contributed by atoms with Crippen LogP contribution in [0.4, 0.5) is 0 Å². The molecule has 0 rings (SSSR count). The lowest BCUT2D eigenvalue weighted by Crippen LogP contribution is -2.24. The van der Waals surface area contributed by atoms with Gasteiger partial charge in [-0.1, -0.05) is 58.2 Å². The van der Waals surface area contributed by atoms with Crippen molar-refractivity contribution in [3.8, 4) is 0 Å². The summed E-state index contributed by atoms with van der Waals surface area (Å²) in [5, 5.41) is 2.86. The van der Waals surface area contributed by atoms with Crippen LogP contribution in [-0.4, -0.2) is 18.2 Å². The van der Waals surface area contributed by atoms with E-state index < -0.39 is 0 Å². The smallest absolute Gasteiger partial charge is 0.220 e. The van der Waals surface area contributed by atoms with Gasteiger partial charge in [-0.25, -0.2) is 0 Å². The number of thiol groups is 1. The molecule has 0 spiro atoms. The maximum atomic E-state index is 11.6. The average Bonchev–Trinajstić information content (AvgIpc) is 2.73. The van der Waals surface area contributed by atoms with Crippen LogP contribution in [0.2, 0.25) is 0 Å². The number of allylic oxidation sites excluding steroid dienone is 10. The molecule has 0 aromatic rings. The molecule has 1 amide bonds. The van der Waals surface area contributed by atoms with Gasteiger partial charge in [-0.2, -0.15) is 12.6 Å². The standard InChI is InChI=1S/C29H49NOS/c1-24(2)12-9-15-27(5)18-10-16-25(3)13-7-8-14-26(4)17-11-19-28(6)20-21-29(31)30-22-23-32/h12-14,18-19,32H,7-11,15-17,20-23H2,1-6H3,(H,30,31)/b25-13?,26-14+,27-18+,28-19+. The van der Waals surface area contributed by atoms with Crippen LogP contribution in [0.5, 0.6) is 0 Å². The Morgan fingerprint density at radius 1 is 0.594 bits per heavy atom. The quantitative estimate of drug-likeness (QED) is 0.127. The Hall–Kier alpha value is -1.48. The molecular formula is C29H49NOS. The molecule has 1 N–H and O–H groups in total. The first kappa shape index (κ1) is 30.5. The molecule has 0 radical (unpaired) electrons. The second kappa shape index (κ2) is 20.1. The van der Waals surface area contributed by atoms with Gasteiger partial charge in [-0.05, 0) is 99.3 Å². The molecule has 0 saturated carbocycles. The van der Waals surface area contributed by atoms with Gasteiger partial charge in [0.2, 0.25) is 5.91 Å². The van der Waals surface area contributed by atoms with E-state index in [0.717, 1.165) is 44.9 Å². The Bertz CT molecular complexity index is 675. The predicted molar refractivity (Wildman–Crippen MR) is 147 cm³/mol. The molecule has 182 valence electrons. The molecule has 0 atom stereocenters.